The number of hydrogen-bond donors (Lipinski definition) is 1. The van der Waals surface area contributed by atoms with E-state index >= 15 is 4.39 Å². The van der Waals surface area contributed by atoms with Crippen LogP contribution in [0.15, 0.2) is 16.9 Å². The van der Waals surface area contributed by atoms with Crippen molar-refractivity contribution in [2.45, 2.75) is 64.2 Å². The summed E-state index contributed by atoms with van der Waals surface area (Å²) >= 11 is 0. The van der Waals surface area contributed by atoms with Gasteiger partial charge in [0.25, 0.3) is 5.56 Å². The Bertz CT molecular complexity index is 1010. The van der Waals surface area contributed by atoms with Crippen LogP contribution < -0.4 is 15.4 Å². The van der Waals surface area contributed by atoms with Crippen molar-refractivity contribution in [1.82, 2.24) is 9.97 Å². The van der Waals surface area contributed by atoms with Gasteiger partial charge >= 0.3 is 0 Å². The minimum atomic E-state index is -0.506. The molecule has 0 atom stereocenters. The van der Waals surface area contributed by atoms with Gasteiger partial charge in [0.15, 0.2) is 0 Å². The molecule has 5 nitrogen and oxygen atoms in total. The fourth-order valence-electron chi connectivity index (χ4n) is 5.38. The summed E-state index contributed by atoms with van der Waals surface area (Å²) in [5.41, 5.74) is 1.84. The third-order valence-electron chi connectivity index (χ3n) is 7.15. The van der Waals surface area contributed by atoms with Crippen LogP contribution in [-0.4, -0.2) is 36.6 Å². The third kappa shape index (κ3) is 3.94. The first-order valence-corrected chi connectivity index (χ1v) is 11.5. The van der Waals surface area contributed by atoms with E-state index in [1.165, 1.54) is 6.07 Å². The second-order valence-electron chi connectivity index (χ2n) is 9.01. The highest BCUT2D eigenvalue weighted by atomic mass is 19.1. The zero-order valence-electron chi connectivity index (χ0n) is 18.7. The molecule has 0 bridgehead atoms. The summed E-state index contributed by atoms with van der Waals surface area (Å²) in [5.74, 6) is 0.428. The molecule has 0 spiro atoms. The highest BCUT2D eigenvalue weighted by Crippen LogP contribution is 2.42. The number of rotatable bonds is 5. The number of halogens is 2. The van der Waals surface area contributed by atoms with Gasteiger partial charge in [-0.05, 0) is 55.7 Å². The number of nitrogens with zero attached hydrogens (tertiary/aromatic N) is 3. The van der Waals surface area contributed by atoms with Crippen molar-refractivity contribution in [2.75, 3.05) is 36.5 Å². The second-order valence-corrected chi connectivity index (χ2v) is 9.01. The lowest BCUT2D eigenvalue weighted by Crippen LogP contribution is -2.45. The molecule has 2 aliphatic heterocycles. The summed E-state index contributed by atoms with van der Waals surface area (Å²) in [6.45, 7) is 6.35. The van der Waals surface area contributed by atoms with Crippen molar-refractivity contribution in [2.24, 2.45) is 0 Å². The molecule has 168 valence electrons. The number of aromatic amines is 1. The fourth-order valence-corrected chi connectivity index (χ4v) is 5.38. The molecule has 1 N–H and O–H groups in total. The number of piperidine rings is 1. The van der Waals surface area contributed by atoms with E-state index in [1.54, 1.807) is 0 Å². The van der Waals surface area contributed by atoms with E-state index in [2.05, 4.69) is 16.8 Å². The van der Waals surface area contributed by atoms with Crippen LogP contribution in [0.3, 0.4) is 0 Å². The molecule has 2 aliphatic rings. The predicted octanol–water partition coefficient (Wildman–Crippen LogP) is 4.33. The summed E-state index contributed by atoms with van der Waals surface area (Å²) in [6, 6.07) is 2.53. The van der Waals surface area contributed by atoms with Crippen LogP contribution in [-0.2, 0) is 18.3 Å². The van der Waals surface area contributed by atoms with Gasteiger partial charge in [0.2, 0.25) is 5.95 Å². The number of anilines is 2. The maximum Gasteiger partial charge on any atom is 0.257 e. The molecular formula is C24H32F2N4O. The van der Waals surface area contributed by atoms with E-state index in [0.29, 0.717) is 31.0 Å². The molecule has 0 unspecified atom stereocenters. The SMILES string of the molecule is CCCc1cc(F)cc(F)c1C1(CC)CCN(c2nc3c(c(=O)[nH]2)CCCN3C)CC1. The lowest BCUT2D eigenvalue weighted by atomic mass is 9.68. The minimum absolute atomic E-state index is 0.0614. The lowest BCUT2D eigenvalue weighted by molar-refractivity contribution is 0.304. The molecule has 31 heavy (non-hydrogen) atoms. The van der Waals surface area contributed by atoms with Crippen molar-refractivity contribution in [1.29, 1.82) is 0 Å². The number of hydrogen-bond acceptors (Lipinski definition) is 4. The largest absolute Gasteiger partial charge is 0.359 e. The van der Waals surface area contributed by atoms with E-state index in [1.807, 2.05) is 18.9 Å². The Kier molecular flexibility index (Phi) is 6.04. The van der Waals surface area contributed by atoms with E-state index in [9.17, 15) is 9.18 Å². The monoisotopic (exact) mass is 430 g/mol. The number of nitrogens with one attached hydrogen (secondary N) is 1. The highest BCUT2D eigenvalue weighted by molar-refractivity contribution is 5.52. The summed E-state index contributed by atoms with van der Waals surface area (Å²) in [5, 5.41) is 0. The fraction of sp³-hybridized carbons (Fsp3) is 0.583. The minimum Gasteiger partial charge on any atom is -0.359 e. The Labute approximate surface area is 182 Å². The van der Waals surface area contributed by atoms with Gasteiger partial charge in [-0.2, -0.15) is 4.98 Å². The van der Waals surface area contributed by atoms with Crippen LogP contribution in [0.4, 0.5) is 20.5 Å². The van der Waals surface area contributed by atoms with Crippen molar-refractivity contribution in [3.8, 4) is 0 Å². The first kappa shape index (κ1) is 21.8. The number of aromatic nitrogens is 2. The van der Waals surface area contributed by atoms with E-state index in [-0.39, 0.29) is 11.0 Å². The molecule has 3 heterocycles. The van der Waals surface area contributed by atoms with Gasteiger partial charge < -0.3 is 9.80 Å². The Balaban J connectivity index is 1.63. The van der Waals surface area contributed by atoms with Crippen molar-refractivity contribution < 1.29 is 8.78 Å². The third-order valence-corrected chi connectivity index (χ3v) is 7.15. The summed E-state index contributed by atoms with van der Waals surface area (Å²) < 4.78 is 29.0. The zero-order chi connectivity index (χ0) is 22.2. The van der Waals surface area contributed by atoms with Crippen molar-refractivity contribution in [3.05, 3.63) is 50.8 Å². The van der Waals surface area contributed by atoms with E-state index < -0.39 is 11.6 Å². The molecule has 7 heteroatoms. The van der Waals surface area contributed by atoms with Gasteiger partial charge in [-0.1, -0.05) is 20.3 Å². The molecule has 1 aromatic carbocycles. The number of H-pyrrole nitrogens is 1. The lowest BCUT2D eigenvalue weighted by Gasteiger charge is -2.43. The van der Waals surface area contributed by atoms with Gasteiger partial charge in [0.05, 0.1) is 5.56 Å². The van der Waals surface area contributed by atoms with Crippen LogP contribution in [0, 0.1) is 11.6 Å². The van der Waals surface area contributed by atoms with Crippen LogP contribution in [0.1, 0.15) is 62.6 Å². The van der Waals surface area contributed by atoms with Crippen LogP contribution in [0.2, 0.25) is 0 Å². The van der Waals surface area contributed by atoms with Gasteiger partial charge in [-0.25, -0.2) is 8.78 Å². The van der Waals surface area contributed by atoms with E-state index in [4.69, 9.17) is 4.98 Å². The maximum absolute atomic E-state index is 15.0. The smallest absolute Gasteiger partial charge is 0.257 e. The number of fused-ring (bicyclic) bond motifs is 1. The van der Waals surface area contributed by atoms with Crippen molar-refractivity contribution >= 4 is 11.8 Å². The molecule has 1 fully saturated rings. The Morgan fingerprint density at radius 1 is 1.16 bits per heavy atom. The molecule has 0 saturated carbocycles. The van der Waals surface area contributed by atoms with Crippen molar-refractivity contribution in [3.63, 3.8) is 0 Å². The normalized spacial score (nSPS) is 18.2. The van der Waals surface area contributed by atoms with Gasteiger partial charge in [-0.15, -0.1) is 0 Å². The summed E-state index contributed by atoms with van der Waals surface area (Å²) in [7, 11) is 1.97. The zero-order valence-corrected chi connectivity index (χ0v) is 18.7. The first-order chi connectivity index (χ1) is 14.9. The Morgan fingerprint density at radius 3 is 2.58 bits per heavy atom. The maximum atomic E-state index is 15.0. The molecule has 1 aromatic heterocycles. The molecule has 0 aliphatic carbocycles. The van der Waals surface area contributed by atoms with Gasteiger partial charge in [-0.3, -0.25) is 9.78 Å². The number of benzene rings is 1. The molecule has 0 radical (unpaired) electrons. The molecule has 4 rings (SSSR count). The van der Waals surface area contributed by atoms with Crippen LogP contribution in [0.25, 0.3) is 0 Å². The Morgan fingerprint density at radius 2 is 1.90 bits per heavy atom. The topological polar surface area (TPSA) is 52.2 Å². The number of aryl methyl sites for hydroxylation is 1. The van der Waals surface area contributed by atoms with Gasteiger partial charge in [0.1, 0.15) is 17.5 Å². The molecule has 1 saturated heterocycles. The summed E-state index contributed by atoms with van der Waals surface area (Å²) in [4.78, 5) is 24.5. The van der Waals surface area contributed by atoms with Crippen LogP contribution in [0.5, 0.6) is 0 Å². The Hall–Kier alpha value is -2.44. The quantitative estimate of drug-likeness (QED) is 0.767. The first-order valence-electron chi connectivity index (χ1n) is 11.5. The van der Waals surface area contributed by atoms with Gasteiger partial charge in [0, 0.05) is 38.2 Å². The standard InChI is InChI=1S/C24H32F2N4O/c1-4-7-16-14-17(25)15-19(26)20(16)24(5-2)9-12-30(13-10-24)23-27-21-18(22(31)28-23)8-6-11-29(21)3/h14-15H,4-13H2,1-3H3,(H,27,28,31). The highest BCUT2D eigenvalue weighted by Gasteiger charge is 2.39. The predicted molar refractivity (Wildman–Crippen MR) is 120 cm³/mol. The molecule has 0 amide bonds. The molecular weight excluding hydrogens is 398 g/mol. The second kappa shape index (κ2) is 8.60. The average Bonchev–Trinajstić information content (AvgIpc) is 2.74. The summed E-state index contributed by atoms with van der Waals surface area (Å²) in [6.07, 6.45) is 5.48. The average molecular weight is 431 g/mol. The van der Waals surface area contributed by atoms with Crippen LogP contribution >= 0.6 is 0 Å². The van der Waals surface area contributed by atoms with E-state index in [0.717, 1.165) is 68.1 Å². The molecule has 2 aromatic rings.